The fourth-order valence-electron chi connectivity index (χ4n) is 3.13. The van der Waals surface area contributed by atoms with Crippen molar-refractivity contribution >= 4 is 38.9 Å². The van der Waals surface area contributed by atoms with Gasteiger partial charge in [-0.15, -0.1) is 0 Å². The van der Waals surface area contributed by atoms with Crippen LogP contribution in [-0.2, 0) is 0 Å². The number of carbonyl (C=O) groups is 1. The van der Waals surface area contributed by atoms with Crippen LogP contribution in [0.3, 0.4) is 0 Å². The van der Waals surface area contributed by atoms with E-state index in [1.54, 1.807) is 0 Å². The lowest BCUT2D eigenvalue weighted by Gasteiger charge is -2.15. The van der Waals surface area contributed by atoms with Gasteiger partial charge in [0.1, 0.15) is 0 Å². The number of anilines is 3. The number of benzene rings is 4. The molecule has 4 aromatic rings. The van der Waals surface area contributed by atoms with Gasteiger partial charge in [0.2, 0.25) is 0 Å². The Bertz CT molecular complexity index is 1120. The predicted octanol–water partition coefficient (Wildman–Crippen LogP) is 7.11. The second kappa shape index (κ2) is 8.76. The fourth-order valence-corrected chi connectivity index (χ4v) is 3.39. The molecule has 0 atom stereocenters. The molecule has 0 spiro atoms. The topological polar surface area (TPSA) is 41.1 Å². The Morgan fingerprint density at radius 2 is 1.28 bits per heavy atom. The second-order valence-electron chi connectivity index (χ2n) is 6.54. The number of hydrogen-bond donors (Lipinski definition) is 2. The molecule has 0 aliphatic heterocycles. The molecule has 0 fully saturated rings. The summed E-state index contributed by atoms with van der Waals surface area (Å²) in [5, 5.41) is 6.43. The number of carbonyl (C=O) groups excluding carboxylic acids is 1. The van der Waals surface area contributed by atoms with E-state index in [2.05, 4.69) is 26.6 Å². The third-order valence-corrected chi connectivity index (χ3v) is 5.08. The molecule has 3 nitrogen and oxygen atoms in total. The quantitative estimate of drug-likeness (QED) is 0.345. The highest BCUT2D eigenvalue weighted by Gasteiger charge is 2.14. The highest BCUT2D eigenvalue weighted by molar-refractivity contribution is 9.10. The fraction of sp³-hybridized carbons (Fsp3) is 0. The highest BCUT2D eigenvalue weighted by atomic mass is 79.9. The molecule has 0 saturated heterocycles. The van der Waals surface area contributed by atoms with Crippen LogP contribution < -0.4 is 10.6 Å². The summed E-state index contributed by atoms with van der Waals surface area (Å²) in [6, 6.07) is 33.2. The van der Waals surface area contributed by atoms with E-state index in [9.17, 15) is 4.79 Å². The van der Waals surface area contributed by atoms with Crippen LogP contribution in [0.2, 0.25) is 0 Å². The van der Waals surface area contributed by atoms with Gasteiger partial charge in [0.15, 0.2) is 0 Å². The molecule has 4 heteroatoms. The first-order chi connectivity index (χ1) is 14.2. The van der Waals surface area contributed by atoms with Gasteiger partial charge in [-0.25, -0.2) is 0 Å². The van der Waals surface area contributed by atoms with E-state index in [1.165, 1.54) is 0 Å². The van der Waals surface area contributed by atoms with Crippen molar-refractivity contribution in [3.8, 4) is 11.1 Å². The van der Waals surface area contributed by atoms with E-state index in [0.717, 1.165) is 32.7 Å². The Morgan fingerprint density at radius 3 is 2.03 bits per heavy atom. The third kappa shape index (κ3) is 4.55. The first-order valence-corrected chi connectivity index (χ1v) is 10.1. The summed E-state index contributed by atoms with van der Waals surface area (Å²) in [7, 11) is 0. The molecule has 0 aliphatic carbocycles. The van der Waals surface area contributed by atoms with Crippen molar-refractivity contribution in [3.05, 3.63) is 113 Å². The highest BCUT2D eigenvalue weighted by Crippen LogP contribution is 2.28. The maximum Gasteiger partial charge on any atom is 0.256 e. The van der Waals surface area contributed by atoms with Gasteiger partial charge in [-0.3, -0.25) is 4.79 Å². The normalized spacial score (nSPS) is 10.4. The molecule has 0 heterocycles. The minimum absolute atomic E-state index is 0.144. The molecule has 0 radical (unpaired) electrons. The summed E-state index contributed by atoms with van der Waals surface area (Å²) < 4.78 is 1.02. The van der Waals surface area contributed by atoms with Gasteiger partial charge in [-0.1, -0.05) is 76.6 Å². The maximum absolute atomic E-state index is 13.1. The van der Waals surface area contributed by atoms with Crippen LogP contribution in [0.4, 0.5) is 17.1 Å². The van der Waals surface area contributed by atoms with Gasteiger partial charge in [-0.2, -0.15) is 0 Å². The van der Waals surface area contributed by atoms with Gasteiger partial charge in [0.05, 0.1) is 11.4 Å². The van der Waals surface area contributed by atoms with Crippen molar-refractivity contribution < 1.29 is 4.79 Å². The minimum Gasteiger partial charge on any atom is -0.354 e. The Hall–Kier alpha value is -3.37. The lowest BCUT2D eigenvalue weighted by Crippen LogP contribution is -2.14. The molecule has 0 saturated carbocycles. The summed E-state index contributed by atoms with van der Waals surface area (Å²) in [5.74, 6) is -0.144. The summed E-state index contributed by atoms with van der Waals surface area (Å²) in [4.78, 5) is 13.1. The monoisotopic (exact) mass is 442 g/mol. The third-order valence-electron chi connectivity index (χ3n) is 4.55. The van der Waals surface area contributed by atoms with Crippen LogP contribution in [0.1, 0.15) is 10.4 Å². The molecule has 4 aromatic carbocycles. The zero-order chi connectivity index (χ0) is 20.1. The molecule has 2 N–H and O–H groups in total. The number of hydrogen-bond acceptors (Lipinski definition) is 2. The van der Waals surface area contributed by atoms with Crippen LogP contribution in [0.15, 0.2) is 108 Å². The standard InChI is InChI=1S/C25H19BrN2O/c26-19-14-16-20(17-15-19)27-23-12-6-7-13-24(23)28-25(29)22-11-5-4-10-21(22)18-8-2-1-3-9-18/h1-17,27H,(H,28,29). The van der Waals surface area contributed by atoms with E-state index in [-0.39, 0.29) is 5.91 Å². The minimum atomic E-state index is -0.144. The van der Waals surface area contributed by atoms with Crippen molar-refractivity contribution in [3.63, 3.8) is 0 Å². The van der Waals surface area contributed by atoms with Crippen LogP contribution in [0.5, 0.6) is 0 Å². The van der Waals surface area contributed by atoms with Gasteiger partial charge in [0.25, 0.3) is 5.91 Å². The van der Waals surface area contributed by atoms with Crippen molar-refractivity contribution in [1.29, 1.82) is 0 Å². The Kier molecular flexibility index (Phi) is 5.73. The molecular weight excluding hydrogens is 424 g/mol. The van der Waals surface area contributed by atoms with Gasteiger partial charge in [0, 0.05) is 15.7 Å². The summed E-state index contributed by atoms with van der Waals surface area (Å²) in [6.45, 7) is 0. The van der Waals surface area contributed by atoms with Gasteiger partial charge in [-0.05, 0) is 53.6 Å². The lowest BCUT2D eigenvalue weighted by atomic mass is 9.99. The molecule has 0 bridgehead atoms. The Labute approximate surface area is 178 Å². The number of para-hydroxylation sites is 2. The van der Waals surface area contributed by atoms with E-state index in [4.69, 9.17) is 0 Å². The summed E-state index contributed by atoms with van der Waals surface area (Å²) in [6.07, 6.45) is 0. The molecule has 1 amide bonds. The zero-order valence-corrected chi connectivity index (χ0v) is 17.2. The number of rotatable bonds is 5. The van der Waals surface area contributed by atoms with E-state index < -0.39 is 0 Å². The van der Waals surface area contributed by atoms with Gasteiger partial charge >= 0.3 is 0 Å². The first kappa shape index (κ1) is 19.0. The number of amides is 1. The van der Waals surface area contributed by atoms with Crippen LogP contribution in [-0.4, -0.2) is 5.91 Å². The molecule has 0 aliphatic rings. The van der Waals surface area contributed by atoms with Crippen LogP contribution in [0, 0.1) is 0 Å². The Balaban J connectivity index is 1.61. The summed E-state index contributed by atoms with van der Waals surface area (Å²) in [5.41, 5.74) is 5.06. The number of nitrogens with one attached hydrogen (secondary N) is 2. The Morgan fingerprint density at radius 1 is 0.655 bits per heavy atom. The largest absolute Gasteiger partial charge is 0.354 e. The zero-order valence-electron chi connectivity index (χ0n) is 15.6. The maximum atomic E-state index is 13.1. The molecule has 0 unspecified atom stereocenters. The molecule has 4 rings (SSSR count). The van der Waals surface area contributed by atoms with Crippen molar-refractivity contribution in [1.82, 2.24) is 0 Å². The molecular formula is C25H19BrN2O. The van der Waals surface area contributed by atoms with Crippen molar-refractivity contribution in [2.75, 3.05) is 10.6 Å². The van der Waals surface area contributed by atoms with Crippen molar-refractivity contribution in [2.45, 2.75) is 0 Å². The SMILES string of the molecule is O=C(Nc1ccccc1Nc1ccc(Br)cc1)c1ccccc1-c1ccccc1. The van der Waals surface area contributed by atoms with E-state index in [1.807, 2.05) is 103 Å². The second-order valence-corrected chi connectivity index (χ2v) is 7.46. The average molecular weight is 443 g/mol. The van der Waals surface area contributed by atoms with Crippen LogP contribution in [0.25, 0.3) is 11.1 Å². The van der Waals surface area contributed by atoms with Gasteiger partial charge < -0.3 is 10.6 Å². The van der Waals surface area contributed by atoms with E-state index in [0.29, 0.717) is 5.56 Å². The van der Waals surface area contributed by atoms with Crippen molar-refractivity contribution in [2.24, 2.45) is 0 Å². The lowest BCUT2D eigenvalue weighted by molar-refractivity contribution is 0.102. The molecule has 142 valence electrons. The predicted molar refractivity (Wildman–Crippen MR) is 124 cm³/mol. The molecule has 29 heavy (non-hydrogen) atoms. The molecule has 0 aromatic heterocycles. The summed E-state index contributed by atoms with van der Waals surface area (Å²) >= 11 is 3.45. The van der Waals surface area contributed by atoms with E-state index >= 15 is 0 Å². The first-order valence-electron chi connectivity index (χ1n) is 9.28. The van der Waals surface area contributed by atoms with Crippen LogP contribution >= 0.6 is 15.9 Å². The number of halogens is 1. The smallest absolute Gasteiger partial charge is 0.256 e. The average Bonchev–Trinajstić information content (AvgIpc) is 2.77.